The summed E-state index contributed by atoms with van der Waals surface area (Å²) in [7, 11) is 0. The Balaban J connectivity index is 1.44. The van der Waals surface area contributed by atoms with Gasteiger partial charge in [-0.1, -0.05) is 12.1 Å². The molecule has 1 aromatic rings. The van der Waals surface area contributed by atoms with Crippen LogP contribution >= 0.6 is 0 Å². The summed E-state index contributed by atoms with van der Waals surface area (Å²) in [6, 6.07) is 6.79. The number of hydrogen-bond acceptors (Lipinski definition) is 3. The van der Waals surface area contributed by atoms with Crippen LogP contribution in [-0.4, -0.2) is 37.6 Å². The van der Waals surface area contributed by atoms with Crippen LogP contribution in [0.25, 0.3) is 0 Å². The van der Waals surface area contributed by atoms with Gasteiger partial charge < -0.3 is 10.2 Å². The molecule has 0 amide bonds. The fourth-order valence-electron chi connectivity index (χ4n) is 3.45. The first-order valence-electron chi connectivity index (χ1n) is 7.69. The second kappa shape index (κ2) is 4.80. The summed E-state index contributed by atoms with van der Waals surface area (Å²) < 4.78 is 0. The summed E-state index contributed by atoms with van der Waals surface area (Å²) in [4.78, 5) is 5.25. The largest absolute Gasteiger partial charge is 0.369 e. The SMILES string of the molecule is c1cc2c(c(N3CCN(CC4CC4)CC3)c1)CNC2. The highest BCUT2D eigenvalue weighted by Gasteiger charge is 2.27. The van der Waals surface area contributed by atoms with Crippen molar-refractivity contribution in [1.29, 1.82) is 0 Å². The number of benzene rings is 1. The Kier molecular flexibility index (Phi) is 2.97. The molecule has 0 radical (unpaired) electrons. The Labute approximate surface area is 115 Å². The molecule has 3 nitrogen and oxygen atoms in total. The zero-order chi connectivity index (χ0) is 12.7. The molecule has 3 aliphatic rings. The van der Waals surface area contributed by atoms with Gasteiger partial charge in [0, 0.05) is 51.5 Å². The van der Waals surface area contributed by atoms with E-state index in [1.54, 1.807) is 0 Å². The van der Waals surface area contributed by atoms with Gasteiger partial charge in [0.15, 0.2) is 0 Å². The van der Waals surface area contributed by atoms with E-state index in [1.165, 1.54) is 62.4 Å². The fourth-order valence-corrected chi connectivity index (χ4v) is 3.45. The van der Waals surface area contributed by atoms with Crippen molar-refractivity contribution < 1.29 is 0 Å². The van der Waals surface area contributed by atoms with Gasteiger partial charge >= 0.3 is 0 Å². The number of rotatable bonds is 3. The summed E-state index contributed by atoms with van der Waals surface area (Å²) in [6.07, 6.45) is 2.94. The fraction of sp³-hybridized carbons (Fsp3) is 0.625. The third-order valence-corrected chi connectivity index (χ3v) is 4.79. The van der Waals surface area contributed by atoms with E-state index < -0.39 is 0 Å². The topological polar surface area (TPSA) is 18.5 Å². The van der Waals surface area contributed by atoms with Gasteiger partial charge in [-0.2, -0.15) is 0 Å². The standard InChI is InChI=1S/C16H23N3/c1-2-14-10-17-11-15(14)16(3-1)19-8-6-18(7-9-19)12-13-4-5-13/h1-3,13,17H,4-12H2. The van der Waals surface area contributed by atoms with Gasteiger partial charge in [-0.25, -0.2) is 0 Å². The molecule has 102 valence electrons. The van der Waals surface area contributed by atoms with Crippen LogP contribution < -0.4 is 10.2 Å². The predicted molar refractivity (Wildman–Crippen MR) is 78.4 cm³/mol. The molecule has 1 saturated heterocycles. The zero-order valence-corrected chi connectivity index (χ0v) is 11.6. The first-order valence-corrected chi connectivity index (χ1v) is 7.69. The lowest BCUT2D eigenvalue weighted by Crippen LogP contribution is -2.47. The molecule has 19 heavy (non-hydrogen) atoms. The molecule has 0 unspecified atom stereocenters. The molecule has 1 N–H and O–H groups in total. The van der Waals surface area contributed by atoms with Crippen LogP contribution in [-0.2, 0) is 13.1 Å². The molecular weight excluding hydrogens is 234 g/mol. The average molecular weight is 257 g/mol. The molecule has 0 spiro atoms. The second-order valence-electron chi connectivity index (χ2n) is 6.25. The van der Waals surface area contributed by atoms with E-state index in [2.05, 4.69) is 33.3 Å². The predicted octanol–water partition coefficient (Wildman–Crippen LogP) is 1.82. The van der Waals surface area contributed by atoms with Crippen LogP contribution in [0.1, 0.15) is 24.0 Å². The minimum atomic E-state index is 1.02. The number of nitrogens with zero attached hydrogens (tertiary/aromatic N) is 2. The second-order valence-corrected chi connectivity index (χ2v) is 6.25. The molecule has 4 rings (SSSR count). The molecule has 1 aliphatic carbocycles. The molecule has 2 fully saturated rings. The summed E-state index contributed by atoms with van der Waals surface area (Å²) >= 11 is 0. The maximum absolute atomic E-state index is 3.47. The first-order chi connectivity index (χ1) is 9.40. The van der Waals surface area contributed by atoms with E-state index in [0.29, 0.717) is 0 Å². The van der Waals surface area contributed by atoms with Crippen LogP contribution in [0.5, 0.6) is 0 Å². The molecule has 2 aliphatic heterocycles. The van der Waals surface area contributed by atoms with Crippen molar-refractivity contribution in [3.05, 3.63) is 29.3 Å². The molecule has 3 heteroatoms. The van der Waals surface area contributed by atoms with Gasteiger partial charge in [-0.05, 0) is 36.0 Å². The molecule has 1 aromatic carbocycles. The maximum atomic E-state index is 3.47. The third kappa shape index (κ3) is 2.37. The third-order valence-electron chi connectivity index (χ3n) is 4.79. The number of hydrogen-bond donors (Lipinski definition) is 1. The highest BCUT2D eigenvalue weighted by Crippen LogP contribution is 2.31. The van der Waals surface area contributed by atoms with E-state index in [-0.39, 0.29) is 0 Å². The molecule has 2 heterocycles. The summed E-state index contributed by atoms with van der Waals surface area (Å²) in [5.41, 5.74) is 4.52. The quantitative estimate of drug-likeness (QED) is 0.891. The van der Waals surface area contributed by atoms with Crippen LogP contribution in [0.4, 0.5) is 5.69 Å². The monoisotopic (exact) mass is 257 g/mol. The van der Waals surface area contributed by atoms with E-state index >= 15 is 0 Å². The lowest BCUT2D eigenvalue weighted by atomic mass is 10.1. The molecule has 0 aromatic heterocycles. The lowest BCUT2D eigenvalue weighted by Gasteiger charge is -2.37. The summed E-state index contributed by atoms with van der Waals surface area (Å²) in [5, 5.41) is 3.47. The average Bonchev–Trinajstić information content (AvgIpc) is 3.13. The number of piperazine rings is 1. The lowest BCUT2D eigenvalue weighted by molar-refractivity contribution is 0.248. The van der Waals surface area contributed by atoms with Crippen molar-refractivity contribution in [2.45, 2.75) is 25.9 Å². The highest BCUT2D eigenvalue weighted by atomic mass is 15.3. The van der Waals surface area contributed by atoms with E-state index in [1.807, 2.05) is 0 Å². The first kappa shape index (κ1) is 11.7. The Morgan fingerprint density at radius 1 is 1.05 bits per heavy atom. The highest BCUT2D eigenvalue weighted by molar-refractivity contribution is 5.58. The number of nitrogens with one attached hydrogen (secondary N) is 1. The Hall–Kier alpha value is -1.06. The van der Waals surface area contributed by atoms with Gasteiger partial charge in [0.2, 0.25) is 0 Å². The minimum Gasteiger partial charge on any atom is -0.369 e. The normalized spacial score (nSPS) is 23.7. The van der Waals surface area contributed by atoms with Gasteiger partial charge in [0.25, 0.3) is 0 Å². The molecule has 0 bridgehead atoms. The summed E-state index contributed by atoms with van der Waals surface area (Å²) in [6.45, 7) is 8.33. The van der Waals surface area contributed by atoms with Crippen LogP contribution in [0, 0.1) is 5.92 Å². The van der Waals surface area contributed by atoms with Gasteiger partial charge in [-0.3, -0.25) is 4.90 Å². The van der Waals surface area contributed by atoms with Crippen molar-refractivity contribution >= 4 is 5.69 Å². The van der Waals surface area contributed by atoms with Crippen LogP contribution in [0.2, 0.25) is 0 Å². The Bertz CT molecular complexity index is 459. The van der Waals surface area contributed by atoms with Crippen molar-refractivity contribution in [2.24, 2.45) is 5.92 Å². The molecular formula is C16H23N3. The minimum absolute atomic E-state index is 1.02. The van der Waals surface area contributed by atoms with Crippen molar-refractivity contribution in [1.82, 2.24) is 10.2 Å². The van der Waals surface area contributed by atoms with E-state index in [4.69, 9.17) is 0 Å². The Morgan fingerprint density at radius 3 is 2.68 bits per heavy atom. The Morgan fingerprint density at radius 2 is 1.89 bits per heavy atom. The molecule has 0 atom stereocenters. The number of fused-ring (bicyclic) bond motifs is 1. The van der Waals surface area contributed by atoms with Gasteiger partial charge in [0.1, 0.15) is 0 Å². The van der Waals surface area contributed by atoms with Crippen LogP contribution in [0.3, 0.4) is 0 Å². The van der Waals surface area contributed by atoms with E-state index in [9.17, 15) is 0 Å². The number of anilines is 1. The van der Waals surface area contributed by atoms with Gasteiger partial charge in [-0.15, -0.1) is 0 Å². The maximum Gasteiger partial charge on any atom is 0.0416 e. The summed E-state index contributed by atoms with van der Waals surface area (Å²) in [5.74, 6) is 1.02. The van der Waals surface area contributed by atoms with Crippen molar-refractivity contribution in [2.75, 3.05) is 37.6 Å². The zero-order valence-electron chi connectivity index (χ0n) is 11.6. The van der Waals surface area contributed by atoms with Gasteiger partial charge in [0.05, 0.1) is 0 Å². The smallest absolute Gasteiger partial charge is 0.0416 e. The van der Waals surface area contributed by atoms with Crippen molar-refractivity contribution in [3.8, 4) is 0 Å². The van der Waals surface area contributed by atoms with Crippen molar-refractivity contribution in [3.63, 3.8) is 0 Å². The molecule has 1 saturated carbocycles. The van der Waals surface area contributed by atoms with Crippen LogP contribution in [0.15, 0.2) is 18.2 Å². The van der Waals surface area contributed by atoms with E-state index in [0.717, 1.165) is 19.0 Å².